The van der Waals surface area contributed by atoms with Crippen LogP contribution >= 0.6 is 11.3 Å². The van der Waals surface area contributed by atoms with Crippen molar-refractivity contribution >= 4 is 28.8 Å². The molecule has 54 heavy (non-hydrogen) atoms. The van der Waals surface area contributed by atoms with Crippen LogP contribution in [0.4, 0.5) is 0 Å². The van der Waals surface area contributed by atoms with Gasteiger partial charge in [0.1, 0.15) is 22.0 Å². The van der Waals surface area contributed by atoms with Gasteiger partial charge in [0.25, 0.3) is 11.5 Å². The lowest BCUT2D eigenvalue weighted by molar-refractivity contribution is -0.142. The molecule has 2 fully saturated rings. The molecule has 2 N–H and O–H groups in total. The number of pyridine rings is 1. The number of piperidine rings is 2. The van der Waals surface area contributed by atoms with Gasteiger partial charge in [-0.05, 0) is 75.1 Å². The lowest BCUT2D eigenvalue weighted by Gasteiger charge is -2.43. The predicted molar refractivity (Wildman–Crippen MR) is 203 cm³/mol. The number of hydrogen-bond acceptors (Lipinski definition) is 10. The molecule has 276 valence electrons. The number of nitrogens with zero attached hydrogens (tertiary/aromatic N) is 8. The largest absolute Gasteiger partial charge is 0.508 e. The molecule has 4 aromatic heterocycles. The molecule has 2 aromatic carbocycles. The number of likely N-dealkylation sites (tertiary alicyclic amines) is 2. The highest BCUT2D eigenvalue weighted by atomic mass is 32.1. The number of aliphatic hydroxyl groups is 1. The summed E-state index contributed by atoms with van der Waals surface area (Å²) in [5.74, 6) is -0.479. The highest BCUT2D eigenvalue weighted by Crippen LogP contribution is 2.37. The molecule has 2 aliphatic heterocycles. The maximum absolute atomic E-state index is 14.3. The van der Waals surface area contributed by atoms with E-state index in [-0.39, 0.29) is 47.2 Å². The fourth-order valence-corrected chi connectivity index (χ4v) is 8.65. The molecule has 0 aliphatic carbocycles. The zero-order valence-corrected chi connectivity index (χ0v) is 30.8. The van der Waals surface area contributed by atoms with Crippen molar-refractivity contribution in [1.29, 1.82) is 0 Å². The Morgan fingerprint density at radius 3 is 2.37 bits per heavy atom. The van der Waals surface area contributed by atoms with Crippen LogP contribution in [0.5, 0.6) is 5.75 Å². The number of amides is 2. The number of fused-ring (bicyclic) bond motifs is 1. The van der Waals surface area contributed by atoms with Gasteiger partial charge in [-0.1, -0.05) is 30.3 Å². The van der Waals surface area contributed by atoms with Gasteiger partial charge in [-0.25, -0.2) is 14.5 Å². The van der Waals surface area contributed by atoms with Crippen molar-refractivity contribution in [3.63, 3.8) is 0 Å². The lowest BCUT2D eigenvalue weighted by Crippen LogP contribution is -2.53. The maximum atomic E-state index is 14.3. The Bertz CT molecular complexity index is 2380. The molecule has 13 nitrogen and oxygen atoms in total. The molecule has 2 saturated heterocycles. The van der Waals surface area contributed by atoms with Crippen molar-refractivity contribution in [3.05, 3.63) is 118 Å². The van der Waals surface area contributed by atoms with Crippen molar-refractivity contribution in [3.8, 4) is 27.6 Å². The van der Waals surface area contributed by atoms with Crippen LogP contribution < -0.4 is 5.56 Å². The molecule has 0 saturated carbocycles. The van der Waals surface area contributed by atoms with Crippen LogP contribution in [0.2, 0.25) is 0 Å². The van der Waals surface area contributed by atoms with Crippen LogP contribution in [0.1, 0.15) is 51.8 Å². The third-order valence-corrected chi connectivity index (χ3v) is 11.9. The summed E-state index contributed by atoms with van der Waals surface area (Å²) in [5.41, 5.74) is 3.34. The number of aromatic nitrogens is 6. The minimum atomic E-state index is -1.22. The summed E-state index contributed by atoms with van der Waals surface area (Å²) in [7, 11) is 0. The van der Waals surface area contributed by atoms with Gasteiger partial charge in [0.2, 0.25) is 11.6 Å². The SMILES string of the molecule is Cc1ccc(-c2nc(C)c(C(=O)N3CCC(C(=O)N4CCC(O)(Cn5cnn6c(-c7ccc(O)cc7)cnc6c5=O)CC4)C(c4ccccc4)C3)s2)cn1. The Balaban J connectivity index is 0.951. The number of aromatic hydroxyl groups is 1. The highest BCUT2D eigenvalue weighted by molar-refractivity contribution is 7.17. The van der Waals surface area contributed by atoms with E-state index in [1.807, 2.05) is 66.1 Å². The van der Waals surface area contributed by atoms with E-state index in [4.69, 9.17) is 4.98 Å². The van der Waals surface area contributed by atoms with Crippen LogP contribution in [0.3, 0.4) is 0 Å². The molecule has 0 radical (unpaired) electrons. The second-order valence-electron chi connectivity index (χ2n) is 14.3. The Morgan fingerprint density at radius 2 is 1.65 bits per heavy atom. The second kappa shape index (κ2) is 14.3. The number of carbonyl (C=O) groups excluding carboxylic acids is 2. The number of benzene rings is 2. The van der Waals surface area contributed by atoms with Gasteiger partial charge in [-0.2, -0.15) is 5.10 Å². The van der Waals surface area contributed by atoms with Crippen LogP contribution in [0.15, 0.2) is 90.2 Å². The van der Waals surface area contributed by atoms with Gasteiger partial charge in [0.15, 0.2) is 0 Å². The molecular weight excluding hydrogens is 705 g/mol. The Kier molecular flexibility index (Phi) is 9.32. The zero-order valence-electron chi connectivity index (χ0n) is 30.0. The number of hydrogen-bond donors (Lipinski definition) is 2. The third kappa shape index (κ3) is 6.78. The molecule has 6 heterocycles. The van der Waals surface area contributed by atoms with E-state index < -0.39 is 5.60 Å². The van der Waals surface area contributed by atoms with E-state index in [0.717, 1.165) is 27.4 Å². The van der Waals surface area contributed by atoms with E-state index in [0.29, 0.717) is 61.7 Å². The smallest absolute Gasteiger partial charge is 0.296 e. The number of carbonyl (C=O) groups is 2. The van der Waals surface area contributed by atoms with Crippen LogP contribution in [0, 0.1) is 19.8 Å². The summed E-state index contributed by atoms with van der Waals surface area (Å²) >= 11 is 1.37. The number of aryl methyl sites for hydroxylation is 2. The molecule has 2 atom stereocenters. The lowest BCUT2D eigenvalue weighted by atomic mass is 9.79. The summed E-state index contributed by atoms with van der Waals surface area (Å²) in [6.45, 7) is 5.32. The molecular formula is C40H40N8O5S. The predicted octanol–water partition coefficient (Wildman–Crippen LogP) is 4.70. The average molecular weight is 745 g/mol. The maximum Gasteiger partial charge on any atom is 0.296 e. The first kappa shape index (κ1) is 35.3. The van der Waals surface area contributed by atoms with E-state index in [2.05, 4.69) is 15.1 Å². The quantitative estimate of drug-likeness (QED) is 0.236. The molecule has 14 heteroatoms. The molecule has 2 aliphatic rings. The van der Waals surface area contributed by atoms with Gasteiger partial charge in [0, 0.05) is 61.0 Å². The second-order valence-corrected chi connectivity index (χ2v) is 15.3. The summed E-state index contributed by atoms with van der Waals surface area (Å²) in [6, 6.07) is 20.3. The molecule has 2 unspecified atom stereocenters. The topological polar surface area (TPSA) is 159 Å². The van der Waals surface area contributed by atoms with E-state index in [9.17, 15) is 24.6 Å². The summed E-state index contributed by atoms with van der Waals surface area (Å²) in [4.78, 5) is 59.4. The molecule has 0 bridgehead atoms. The number of rotatable bonds is 7. The van der Waals surface area contributed by atoms with Gasteiger partial charge < -0.3 is 20.0 Å². The van der Waals surface area contributed by atoms with Crippen molar-refractivity contribution in [1.82, 2.24) is 38.9 Å². The Hall–Kier alpha value is -5.73. The molecule has 0 spiro atoms. The van der Waals surface area contributed by atoms with E-state index in [1.165, 1.54) is 26.7 Å². The normalized spacial score (nSPS) is 18.6. The standard InChI is InChI=1S/C40H40N8O5S/c1-25-8-9-29(20-41-25)36-44-26(2)34(54-36)38(51)46-17-14-31(32(22-46)27-6-4-3-5-7-27)37(50)45-18-15-40(53,16-19-45)23-47-24-43-48-33(21-42-35(48)39(47)52)28-10-12-30(49)13-11-28/h3-13,20-21,24,31-32,49,53H,14-19,22-23H2,1-2H3. The minimum absolute atomic E-state index is 0.0144. The monoisotopic (exact) mass is 744 g/mol. The molecule has 2 amide bonds. The fourth-order valence-electron chi connectivity index (χ4n) is 7.62. The first-order valence-electron chi connectivity index (χ1n) is 18.1. The fraction of sp³-hybridized carbons (Fsp3) is 0.325. The van der Waals surface area contributed by atoms with Gasteiger partial charge >= 0.3 is 0 Å². The highest BCUT2D eigenvalue weighted by Gasteiger charge is 2.42. The zero-order chi connectivity index (χ0) is 37.6. The molecule has 8 rings (SSSR count). The third-order valence-electron chi connectivity index (χ3n) is 10.7. The van der Waals surface area contributed by atoms with Gasteiger partial charge in [-0.3, -0.25) is 23.9 Å². The van der Waals surface area contributed by atoms with Gasteiger partial charge in [0.05, 0.1) is 29.7 Å². The molecule has 6 aromatic rings. The minimum Gasteiger partial charge on any atom is -0.508 e. The van der Waals surface area contributed by atoms with Crippen molar-refractivity contribution in [2.45, 2.75) is 51.2 Å². The summed E-state index contributed by atoms with van der Waals surface area (Å²) < 4.78 is 2.83. The number of phenols is 1. The number of phenolic OH excluding ortho intramolecular Hbond substituents is 1. The van der Waals surface area contributed by atoms with Crippen LogP contribution in [-0.2, 0) is 11.3 Å². The van der Waals surface area contributed by atoms with E-state index in [1.54, 1.807) is 36.7 Å². The number of thiazole rings is 1. The first-order valence-corrected chi connectivity index (χ1v) is 18.9. The Morgan fingerprint density at radius 1 is 0.907 bits per heavy atom. The van der Waals surface area contributed by atoms with Crippen LogP contribution in [-0.4, -0.2) is 92.7 Å². The van der Waals surface area contributed by atoms with Crippen molar-refractivity contribution in [2.24, 2.45) is 5.92 Å². The number of imidazole rings is 1. The van der Waals surface area contributed by atoms with Crippen molar-refractivity contribution < 1.29 is 19.8 Å². The van der Waals surface area contributed by atoms with Crippen LogP contribution in [0.25, 0.3) is 27.5 Å². The average Bonchev–Trinajstić information content (AvgIpc) is 3.80. The van der Waals surface area contributed by atoms with Gasteiger partial charge in [-0.15, -0.1) is 11.3 Å². The van der Waals surface area contributed by atoms with Crippen molar-refractivity contribution in [2.75, 3.05) is 26.2 Å². The summed E-state index contributed by atoms with van der Waals surface area (Å²) in [6.07, 6.45) is 5.84. The van der Waals surface area contributed by atoms with E-state index >= 15 is 0 Å². The summed E-state index contributed by atoms with van der Waals surface area (Å²) in [5, 5.41) is 26.5. The first-order chi connectivity index (χ1) is 26.1. The Labute approximate surface area is 315 Å².